The van der Waals surface area contributed by atoms with Crippen LogP contribution in [0.5, 0.6) is 0 Å². The van der Waals surface area contributed by atoms with Gasteiger partial charge in [-0.3, -0.25) is 14.4 Å². The number of piperazine rings is 1. The van der Waals surface area contributed by atoms with E-state index in [4.69, 9.17) is 4.98 Å². The zero-order valence-corrected chi connectivity index (χ0v) is 20.0. The molecule has 7 nitrogen and oxygen atoms in total. The summed E-state index contributed by atoms with van der Waals surface area (Å²) < 4.78 is 14.9. The van der Waals surface area contributed by atoms with Crippen LogP contribution < -0.4 is 10.2 Å². The Morgan fingerprint density at radius 2 is 1.74 bits per heavy atom. The van der Waals surface area contributed by atoms with E-state index >= 15 is 0 Å². The van der Waals surface area contributed by atoms with E-state index in [2.05, 4.69) is 20.2 Å². The number of pyridine rings is 1. The standard InChI is InChI=1S/C27H29FN6O/c1-19-25-23(18-24(20-6-4-3-5-7-20)30-26(25)32(2)31-19)27(35)29-12-13-33-14-16-34(17-15-33)22-10-8-21(28)9-11-22/h3-11,18H,12-17H2,1-2H3,(H,29,35). The van der Waals surface area contributed by atoms with E-state index in [0.717, 1.165) is 60.7 Å². The van der Waals surface area contributed by atoms with Gasteiger partial charge in [-0.15, -0.1) is 0 Å². The van der Waals surface area contributed by atoms with Crippen molar-refractivity contribution in [3.05, 3.63) is 77.7 Å². The first-order chi connectivity index (χ1) is 17.0. The molecule has 180 valence electrons. The van der Waals surface area contributed by atoms with Crippen molar-refractivity contribution < 1.29 is 9.18 Å². The van der Waals surface area contributed by atoms with E-state index in [-0.39, 0.29) is 11.7 Å². The molecule has 1 fully saturated rings. The molecule has 3 heterocycles. The quantitative estimate of drug-likeness (QED) is 0.464. The highest BCUT2D eigenvalue weighted by molar-refractivity contribution is 6.07. The molecule has 1 N–H and O–H groups in total. The molecule has 2 aromatic carbocycles. The van der Waals surface area contributed by atoms with Gasteiger partial charge in [-0.05, 0) is 37.3 Å². The maximum atomic E-state index is 13.3. The lowest BCUT2D eigenvalue weighted by Crippen LogP contribution is -2.48. The minimum atomic E-state index is -0.216. The Labute approximate surface area is 204 Å². The summed E-state index contributed by atoms with van der Waals surface area (Å²) in [5.41, 5.74) is 4.84. The number of aromatic nitrogens is 3. The van der Waals surface area contributed by atoms with Crippen molar-refractivity contribution in [3.63, 3.8) is 0 Å². The van der Waals surface area contributed by atoms with E-state index in [1.165, 1.54) is 12.1 Å². The zero-order valence-electron chi connectivity index (χ0n) is 20.0. The molecule has 0 spiro atoms. The summed E-state index contributed by atoms with van der Waals surface area (Å²) in [6.07, 6.45) is 0. The van der Waals surface area contributed by atoms with E-state index in [9.17, 15) is 9.18 Å². The molecule has 0 saturated carbocycles. The topological polar surface area (TPSA) is 66.3 Å². The number of rotatable bonds is 6. The van der Waals surface area contributed by atoms with Crippen molar-refractivity contribution in [2.45, 2.75) is 6.92 Å². The van der Waals surface area contributed by atoms with Gasteiger partial charge in [0.2, 0.25) is 0 Å². The van der Waals surface area contributed by atoms with Gasteiger partial charge in [-0.25, -0.2) is 9.37 Å². The summed E-state index contributed by atoms with van der Waals surface area (Å²) in [5.74, 6) is -0.331. The summed E-state index contributed by atoms with van der Waals surface area (Å²) >= 11 is 0. The second kappa shape index (κ2) is 9.84. The first-order valence-electron chi connectivity index (χ1n) is 11.9. The molecule has 35 heavy (non-hydrogen) atoms. The predicted octanol–water partition coefficient (Wildman–Crippen LogP) is 3.63. The number of fused-ring (bicyclic) bond motifs is 1. The molecular formula is C27H29FN6O. The Bertz CT molecular complexity index is 1330. The van der Waals surface area contributed by atoms with E-state index in [0.29, 0.717) is 17.8 Å². The molecule has 5 rings (SSSR count). The molecule has 8 heteroatoms. The molecule has 2 aromatic heterocycles. The smallest absolute Gasteiger partial charge is 0.252 e. The van der Waals surface area contributed by atoms with Gasteiger partial charge < -0.3 is 10.2 Å². The van der Waals surface area contributed by atoms with Crippen LogP contribution in [0.15, 0.2) is 60.7 Å². The lowest BCUT2D eigenvalue weighted by Gasteiger charge is -2.36. The number of hydrogen-bond donors (Lipinski definition) is 1. The molecule has 0 bridgehead atoms. The summed E-state index contributed by atoms with van der Waals surface area (Å²) in [5, 5.41) is 8.39. The van der Waals surface area contributed by atoms with Gasteiger partial charge in [0.05, 0.1) is 22.3 Å². The van der Waals surface area contributed by atoms with Crippen molar-refractivity contribution in [1.29, 1.82) is 0 Å². The zero-order chi connectivity index (χ0) is 24.4. The summed E-state index contributed by atoms with van der Waals surface area (Å²) in [6, 6.07) is 18.4. The normalized spacial score (nSPS) is 14.4. The second-order valence-corrected chi connectivity index (χ2v) is 8.89. The van der Waals surface area contributed by atoms with Crippen LogP contribution in [0.4, 0.5) is 10.1 Å². The first kappa shape index (κ1) is 23.0. The summed E-state index contributed by atoms with van der Waals surface area (Å²) in [6.45, 7) is 6.77. The largest absolute Gasteiger partial charge is 0.369 e. The van der Waals surface area contributed by atoms with Crippen molar-refractivity contribution in [3.8, 4) is 11.3 Å². The van der Waals surface area contributed by atoms with Crippen LogP contribution in [-0.2, 0) is 7.05 Å². The average Bonchev–Trinajstić information content (AvgIpc) is 3.18. The van der Waals surface area contributed by atoms with Gasteiger partial charge in [0.15, 0.2) is 5.65 Å². The number of benzene rings is 2. The number of halogens is 1. The molecular weight excluding hydrogens is 443 g/mol. The predicted molar refractivity (Wildman–Crippen MR) is 136 cm³/mol. The number of carbonyl (C=O) groups excluding carboxylic acids is 1. The highest BCUT2D eigenvalue weighted by atomic mass is 19.1. The molecule has 1 amide bonds. The fourth-order valence-electron chi connectivity index (χ4n) is 4.69. The van der Waals surface area contributed by atoms with Gasteiger partial charge in [-0.1, -0.05) is 30.3 Å². The first-order valence-corrected chi connectivity index (χ1v) is 11.9. The third kappa shape index (κ3) is 4.88. The molecule has 0 aliphatic carbocycles. The van der Waals surface area contributed by atoms with Gasteiger partial charge >= 0.3 is 0 Å². The van der Waals surface area contributed by atoms with Crippen LogP contribution >= 0.6 is 0 Å². The fraction of sp³-hybridized carbons (Fsp3) is 0.296. The number of anilines is 1. The molecule has 0 atom stereocenters. The summed E-state index contributed by atoms with van der Waals surface area (Å²) in [7, 11) is 1.85. The van der Waals surface area contributed by atoms with Crippen LogP contribution in [0.3, 0.4) is 0 Å². The van der Waals surface area contributed by atoms with Crippen LogP contribution in [0.25, 0.3) is 22.3 Å². The molecule has 0 unspecified atom stereocenters. The van der Waals surface area contributed by atoms with Crippen LogP contribution in [0.2, 0.25) is 0 Å². The maximum absolute atomic E-state index is 13.3. The Morgan fingerprint density at radius 3 is 2.46 bits per heavy atom. The molecule has 1 aliphatic rings. The molecule has 0 radical (unpaired) electrons. The van der Waals surface area contributed by atoms with E-state index in [1.54, 1.807) is 4.68 Å². The van der Waals surface area contributed by atoms with Gasteiger partial charge in [0.1, 0.15) is 5.82 Å². The van der Waals surface area contributed by atoms with Crippen molar-refractivity contribution in [2.75, 3.05) is 44.2 Å². The Hall–Kier alpha value is -3.78. The minimum Gasteiger partial charge on any atom is -0.369 e. The van der Waals surface area contributed by atoms with E-state index < -0.39 is 0 Å². The maximum Gasteiger partial charge on any atom is 0.252 e. The number of nitrogens with one attached hydrogen (secondary N) is 1. The number of amides is 1. The second-order valence-electron chi connectivity index (χ2n) is 8.89. The van der Waals surface area contributed by atoms with Gasteiger partial charge in [-0.2, -0.15) is 5.10 Å². The molecule has 4 aromatic rings. The van der Waals surface area contributed by atoms with Gasteiger partial charge in [0.25, 0.3) is 5.91 Å². The number of aryl methyl sites for hydroxylation is 2. The van der Waals surface area contributed by atoms with Crippen molar-refractivity contribution in [1.82, 2.24) is 25.0 Å². The molecule has 1 aliphatic heterocycles. The number of nitrogens with zero attached hydrogens (tertiary/aromatic N) is 5. The third-order valence-electron chi connectivity index (χ3n) is 6.56. The highest BCUT2D eigenvalue weighted by Crippen LogP contribution is 2.26. The highest BCUT2D eigenvalue weighted by Gasteiger charge is 2.20. The fourth-order valence-corrected chi connectivity index (χ4v) is 4.69. The Balaban J connectivity index is 1.24. The van der Waals surface area contributed by atoms with E-state index in [1.807, 2.05) is 62.5 Å². The third-order valence-corrected chi connectivity index (χ3v) is 6.56. The van der Waals surface area contributed by atoms with Crippen LogP contribution in [0, 0.1) is 12.7 Å². The SMILES string of the molecule is Cc1nn(C)c2nc(-c3ccccc3)cc(C(=O)NCCN3CCN(c4ccc(F)cc4)CC3)c12. The lowest BCUT2D eigenvalue weighted by molar-refractivity contribution is 0.0949. The monoisotopic (exact) mass is 472 g/mol. The van der Waals surface area contributed by atoms with Crippen LogP contribution in [0.1, 0.15) is 16.1 Å². The molecule has 1 saturated heterocycles. The van der Waals surface area contributed by atoms with Crippen molar-refractivity contribution >= 4 is 22.6 Å². The minimum absolute atomic E-state index is 0.115. The Kier molecular flexibility index (Phi) is 6.46. The summed E-state index contributed by atoms with van der Waals surface area (Å²) in [4.78, 5) is 22.7. The number of hydrogen-bond acceptors (Lipinski definition) is 5. The lowest BCUT2D eigenvalue weighted by atomic mass is 10.0. The Morgan fingerprint density at radius 1 is 1.03 bits per heavy atom. The van der Waals surface area contributed by atoms with Gasteiger partial charge in [0, 0.05) is 57.6 Å². The average molecular weight is 473 g/mol. The van der Waals surface area contributed by atoms with Crippen LogP contribution in [-0.4, -0.2) is 64.8 Å². The number of carbonyl (C=O) groups is 1. The van der Waals surface area contributed by atoms with Crippen molar-refractivity contribution in [2.24, 2.45) is 7.05 Å².